The summed E-state index contributed by atoms with van der Waals surface area (Å²) in [6, 6.07) is -1.13. The molecule has 13 nitrogen and oxygen atoms in total. The molecule has 0 aromatic heterocycles. The summed E-state index contributed by atoms with van der Waals surface area (Å²) < 4.78 is 29.7. The standard InChI is InChI=1S/C43H69NO12/c1-10-30-18-24(2)17-25(3)19-36(53-8)39-37(54-9)21-27(5)43(51,56-39)40(48)41(49)44-16-12-11-13-31(44)42(50)55-38(28(6)33(46)23-34(30)47)26(4)20-29-14-15-32(45)35(22-29)52-7/h18,20,25,27-33,35-39,45-46,51H,10-17,19,21-23H2,1-9H3/b24-18+,26-20+/t25-,27+,28+,29-,30+,31-,32+,33-,35+,36-,37-,38?,39+,43+/m0/s1. The zero-order valence-corrected chi connectivity index (χ0v) is 35.1. The fourth-order valence-electron chi connectivity index (χ4n) is 9.39. The lowest BCUT2D eigenvalue weighted by molar-refractivity contribution is -0.302. The summed E-state index contributed by atoms with van der Waals surface area (Å²) in [5, 5.41) is 34.1. The number of ketones is 2. The number of carbonyl (C=O) groups excluding carboxylic acids is 4. The van der Waals surface area contributed by atoms with Crippen molar-refractivity contribution in [1.82, 2.24) is 4.90 Å². The summed E-state index contributed by atoms with van der Waals surface area (Å²) in [6.07, 6.45) is 3.72. The van der Waals surface area contributed by atoms with E-state index in [0.29, 0.717) is 56.9 Å². The third-order valence-corrected chi connectivity index (χ3v) is 12.9. The zero-order chi connectivity index (χ0) is 41.5. The zero-order valence-electron chi connectivity index (χ0n) is 35.1. The highest BCUT2D eigenvalue weighted by Crippen LogP contribution is 2.39. The average molecular weight is 792 g/mol. The van der Waals surface area contributed by atoms with Gasteiger partial charge >= 0.3 is 5.97 Å². The Morgan fingerprint density at radius 2 is 1.57 bits per heavy atom. The highest BCUT2D eigenvalue weighted by atomic mass is 16.7. The number of fused-ring (bicyclic) bond motifs is 3. The number of aliphatic hydroxyl groups is 3. The molecule has 3 aliphatic heterocycles. The van der Waals surface area contributed by atoms with Crippen LogP contribution in [0.15, 0.2) is 23.3 Å². The summed E-state index contributed by atoms with van der Waals surface area (Å²) in [6.45, 7) is 11.3. The molecule has 1 aliphatic carbocycles. The number of methoxy groups -OCH3 is 3. The van der Waals surface area contributed by atoms with E-state index in [-0.39, 0.29) is 49.5 Å². The number of hydrogen-bond donors (Lipinski definition) is 3. The van der Waals surface area contributed by atoms with Crippen molar-refractivity contribution >= 4 is 23.4 Å². The normalized spacial score (nSPS) is 41.6. The number of rotatable bonds is 6. The van der Waals surface area contributed by atoms with Gasteiger partial charge in [0.25, 0.3) is 11.7 Å². The van der Waals surface area contributed by atoms with Crippen molar-refractivity contribution in [3.05, 3.63) is 23.3 Å². The van der Waals surface area contributed by atoms with Crippen molar-refractivity contribution in [3.63, 3.8) is 0 Å². The van der Waals surface area contributed by atoms with Crippen molar-refractivity contribution in [2.24, 2.45) is 29.6 Å². The first-order valence-corrected chi connectivity index (χ1v) is 20.8. The second kappa shape index (κ2) is 20.4. The molecule has 1 unspecified atom stereocenters. The Labute approximate surface area is 333 Å². The molecule has 3 N–H and O–H groups in total. The molecule has 0 aromatic rings. The minimum absolute atomic E-state index is 0.000914. The monoisotopic (exact) mass is 791 g/mol. The van der Waals surface area contributed by atoms with Crippen molar-refractivity contribution < 1.29 is 58.2 Å². The van der Waals surface area contributed by atoms with E-state index >= 15 is 0 Å². The Hall–Kier alpha value is -2.52. The topological polar surface area (TPSA) is 178 Å². The van der Waals surface area contributed by atoms with Crippen molar-refractivity contribution in [2.45, 2.75) is 167 Å². The van der Waals surface area contributed by atoms with Gasteiger partial charge in [0.15, 0.2) is 0 Å². The van der Waals surface area contributed by atoms with E-state index in [1.165, 1.54) is 19.1 Å². The van der Waals surface area contributed by atoms with Gasteiger partial charge in [0.05, 0.1) is 30.5 Å². The van der Waals surface area contributed by atoms with Crippen LogP contribution < -0.4 is 0 Å². The van der Waals surface area contributed by atoms with Crippen LogP contribution in [-0.4, -0.2) is 126 Å². The van der Waals surface area contributed by atoms with Crippen LogP contribution in [0.25, 0.3) is 0 Å². The third kappa shape index (κ3) is 10.7. The number of esters is 1. The highest BCUT2D eigenvalue weighted by Gasteiger charge is 2.56. The van der Waals surface area contributed by atoms with Crippen LogP contribution in [0.5, 0.6) is 0 Å². The molecular weight excluding hydrogens is 722 g/mol. The molecule has 4 aliphatic rings. The van der Waals surface area contributed by atoms with E-state index < -0.39 is 83.9 Å². The number of allylic oxidation sites excluding steroid dienone is 3. The quantitative estimate of drug-likeness (QED) is 0.196. The van der Waals surface area contributed by atoms with Crippen molar-refractivity contribution in [3.8, 4) is 0 Å². The summed E-state index contributed by atoms with van der Waals surface area (Å²) in [5.41, 5.74) is 1.66. The molecule has 2 saturated heterocycles. The molecule has 0 radical (unpaired) electrons. The maximum atomic E-state index is 14.3. The number of carbonyl (C=O) groups is 4. The Morgan fingerprint density at radius 1 is 0.911 bits per heavy atom. The van der Waals surface area contributed by atoms with Crippen LogP contribution in [0, 0.1) is 29.6 Å². The lowest BCUT2D eigenvalue weighted by Gasteiger charge is -2.47. The van der Waals surface area contributed by atoms with E-state index in [1.807, 2.05) is 32.9 Å². The van der Waals surface area contributed by atoms with Crippen molar-refractivity contribution in [2.75, 3.05) is 27.9 Å². The number of aliphatic hydroxyl groups excluding tert-OH is 2. The molecule has 14 atom stereocenters. The van der Waals surface area contributed by atoms with Gasteiger partial charge in [-0.15, -0.1) is 0 Å². The smallest absolute Gasteiger partial charge is 0.329 e. The van der Waals surface area contributed by atoms with Gasteiger partial charge in [-0.25, -0.2) is 4.79 Å². The lowest BCUT2D eigenvalue weighted by atomic mass is 9.81. The second-order valence-electron chi connectivity index (χ2n) is 17.2. The minimum Gasteiger partial charge on any atom is -0.456 e. The maximum absolute atomic E-state index is 14.3. The third-order valence-electron chi connectivity index (χ3n) is 12.9. The van der Waals surface area contributed by atoms with Gasteiger partial charge in [0, 0.05) is 52.0 Å². The summed E-state index contributed by atoms with van der Waals surface area (Å²) in [5.74, 6) is -7.50. The summed E-state index contributed by atoms with van der Waals surface area (Å²) in [4.78, 5) is 57.6. The predicted octanol–water partition coefficient (Wildman–Crippen LogP) is 4.47. The van der Waals surface area contributed by atoms with E-state index in [2.05, 4.69) is 6.92 Å². The van der Waals surface area contributed by atoms with E-state index in [4.69, 9.17) is 23.7 Å². The van der Waals surface area contributed by atoms with Crippen LogP contribution in [0.1, 0.15) is 112 Å². The van der Waals surface area contributed by atoms with Gasteiger partial charge in [-0.3, -0.25) is 14.4 Å². The summed E-state index contributed by atoms with van der Waals surface area (Å²) in [7, 11) is 4.63. The molecule has 1 amide bonds. The van der Waals surface area contributed by atoms with Gasteiger partial charge in [-0.05, 0) is 95.5 Å². The molecule has 0 aromatic carbocycles. The fraction of sp³-hybridized carbons (Fsp3) is 0.814. The molecule has 0 spiro atoms. The van der Waals surface area contributed by atoms with Gasteiger partial charge in [-0.2, -0.15) is 0 Å². The Balaban J connectivity index is 1.76. The van der Waals surface area contributed by atoms with E-state index in [0.717, 1.165) is 5.57 Å². The second-order valence-corrected chi connectivity index (χ2v) is 17.2. The van der Waals surface area contributed by atoms with E-state index in [9.17, 15) is 34.5 Å². The number of ether oxygens (including phenoxy) is 5. The molecule has 13 heteroatoms. The summed E-state index contributed by atoms with van der Waals surface area (Å²) >= 11 is 0. The maximum Gasteiger partial charge on any atom is 0.329 e. The van der Waals surface area contributed by atoms with Crippen LogP contribution in [0.3, 0.4) is 0 Å². The number of hydrogen-bond acceptors (Lipinski definition) is 12. The molecule has 2 bridgehead atoms. The highest BCUT2D eigenvalue weighted by molar-refractivity contribution is 6.39. The Bertz CT molecular complexity index is 1430. The first-order chi connectivity index (χ1) is 26.5. The van der Waals surface area contributed by atoms with Gasteiger partial charge in [0.1, 0.15) is 24.0 Å². The van der Waals surface area contributed by atoms with Gasteiger partial charge < -0.3 is 43.9 Å². The van der Waals surface area contributed by atoms with Crippen LogP contribution in [-0.2, 0) is 42.9 Å². The first-order valence-electron chi connectivity index (χ1n) is 20.8. The largest absolute Gasteiger partial charge is 0.456 e. The molecule has 56 heavy (non-hydrogen) atoms. The van der Waals surface area contributed by atoms with Crippen LogP contribution in [0.2, 0.25) is 0 Å². The number of amides is 1. The fourth-order valence-corrected chi connectivity index (χ4v) is 9.39. The first kappa shape index (κ1) is 46.2. The van der Waals surface area contributed by atoms with Crippen molar-refractivity contribution in [1.29, 1.82) is 0 Å². The molecule has 3 fully saturated rings. The van der Waals surface area contributed by atoms with E-state index in [1.54, 1.807) is 21.0 Å². The number of Topliss-reactive ketones (excluding diaryl/α,β-unsaturated/α-hetero) is 2. The number of piperidine rings is 1. The molecule has 318 valence electrons. The molecular formula is C43H69NO12. The van der Waals surface area contributed by atoms with Gasteiger partial charge in [0.2, 0.25) is 5.79 Å². The lowest BCUT2D eigenvalue weighted by Crippen LogP contribution is -2.64. The Kier molecular flexibility index (Phi) is 16.9. The molecule has 3 heterocycles. The van der Waals surface area contributed by atoms with Crippen LogP contribution >= 0.6 is 0 Å². The van der Waals surface area contributed by atoms with Gasteiger partial charge in [-0.1, -0.05) is 45.4 Å². The number of nitrogens with zero attached hydrogens (tertiary/aromatic N) is 1. The molecule has 1 saturated carbocycles. The van der Waals surface area contributed by atoms with Crippen LogP contribution in [0.4, 0.5) is 0 Å². The minimum atomic E-state index is -2.50. The SMILES string of the molecule is CC[C@@H]1/C=C(\C)C[C@H](C)C[C@H](OC)[C@H]2O[C@@](O)(C(=O)C(=O)N3CCCC[C@H]3C(=O)OC(/C(C)=C/[C@@H]3CC[C@@H](O)[C@H](OC)C3)[C@H](C)[C@@H](O)CC1=O)[C@H](C)C[C@@H]2OC. The average Bonchev–Trinajstić information content (AvgIpc) is 3.18. The predicted molar refractivity (Wildman–Crippen MR) is 208 cm³/mol. The molecule has 4 rings (SSSR count). The number of cyclic esters (lactones) is 1. The Morgan fingerprint density at radius 3 is 2.21 bits per heavy atom.